The van der Waals surface area contributed by atoms with Gasteiger partial charge in [-0.1, -0.05) is 24.6 Å². The predicted octanol–water partition coefficient (Wildman–Crippen LogP) is 5.35. The summed E-state index contributed by atoms with van der Waals surface area (Å²) in [7, 11) is 0. The molecule has 0 atom stereocenters. The van der Waals surface area contributed by atoms with E-state index in [1.54, 1.807) is 17.5 Å². The number of thiazole rings is 1. The lowest BCUT2D eigenvalue weighted by atomic mass is 10.1. The molecule has 1 heterocycles. The molecule has 3 aromatic rings. The van der Waals surface area contributed by atoms with Crippen molar-refractivity contribution in [2.24, 2.45) is 0 Å². The lowest BCUT2D eigenvalue weighted by molar-refractivity contribution is 0.102. The van der Waals surface area contributed by atoms with Crippen LogP contribution in [0, 0.1) is 11.6 Å². The molecule has 0 radical (unpaired) electrons. The zero-order valence-corrected chi connectivity index (χ0v) is 19.0. The summed E-state index contributed by atoms with van der Waals surface area (Å²) < 4.78 is 29.1. The Balaban J connectivity index is 1.66. The van der Waals surface area contributed by atoms with Crippen molar-refractivity contribution in [2.45, 2.75) is 19.9 Å². The number of rotatable bonds is 11. The van der Waals surface area contributed by atoms with Crippen molar-refractivity contribution >= 4 is 46.0 Å². The van der Waals surface area contributed by atoms with Gasteiger partial charge in [0.05, 0.1) is 16.8 Å². The van der Waals surface area contributed by atoms with E-state index in [2.05, 4.69) is 33.2 Å². The first-order valence-corrected chi connectivity index (χ1v) is 11.5. The Morgan fingerprint density at radius 1 is 1.09 bits per heavy atom. The SMILES string of the molecule is CCNCCCNc1cc(Cl)ccc1CNc1cc(F)c(C(=O)Nc2cscn2)cc1F. The first-order chi connectivity index (χ1) is 15.5. The van der Waals surface area contributed by atoms with Gasteiger partial charge in [-0.15, -0.1) is 11.3 Å². The Labute approximate surface area is 194 Å². The molecule has 0 saturated carbocycles. The van der Waals surface area contributed by atoms with Crippen LogP contribution in [-0.4, -0.2) is 30.5 Å². The van der Waals surface area contributed by atoms with Crippen LogP contribution in [-0.2, 0) is 6.54 Å². The van der Waals surface area contributed by atoms with Gasteiger partial charge in [0, 0.05) is 35.2 Å². The maximum atomic E-state index is 14.6. The average Bonchev–Trinajstić information content (AvgIpc) is 3.27. The van der Waals surface area contributed by atoms with Gasteiger partial charge in [0.25, 0.3) is 5.91 Å². The molecule has 0 unspecified atom stereocenters. The molecule has 1 amide bonds. The number of hydrogen-bond acceptors (Lipinski definition) is 6. The van der Waals surface area contributed by atoms with Gasteiger partial charge in [-0.05, 0) is 43.3 Å². The van der Waals surface area contributed by atoms with Gasteiger partial charge in [-0.3, -0.25) is 4.79 Å². The van der Waals surface area contributed by atoms with Crippen molar-refractivity contribution in [1.82, 2.24) is 10.3 Å². The normalized spacial score (nSPS) is 10.8. The molecule has 0 bridgehead atoms. The maximum Gasteiger partial charge on any atom is 0.259 e. The summed E-state index contributed by atoms with van der Waals surface area (Å²) in [5.41, 5.74) is 2.77. The molecule has 6 nitrogen and oxygen atoms in total. The molecular formula is C22H24ClF2N5OS. The third-order valence-electron chi connectivity index (χ3n) is 4.61. The number of amides is 1. The van der Waals surface area contributed by atoms with Gasteiger partial charge >= 0.3 is 0 Å². The van der Waals surface area contributed by atoms with Crippen LogP contribution in [0.3, 0.4) is 0 Å². The van der Waals surface area contributed by atoms with Crippen molar-refractivity contribution in [3.8, 4) is 0 Å². The zero-order valence-electron chi connectivity index (χ0n) is 17.5. The van der Waals surface area contributed by atoms with E-state index < -0.39 is 23.1 Å². The second-order valence-corrected chi connectivity index (χ2v) is 8.08. The fourth-order valence-corrected chi connectivity index (χ4v) is 3.64. The van der Waals surface area contributed by atoms with Crippen LogP contribution in [0.15, 0.2) is 41.2 Å². The Hall–Kier alpha value is -2.75. The second kappa shape index (κ2) is 11.8. The van der Waals surface area contributed by atoms with Crippen molar-refractivity contribution in [3.63, 3.8) is 0 Å². The third-order valence-corrected chi connectivity index (χ3v) is 5.43. The number of halogens is 3. The smallest absolute Gasteiger partial charge is 0.259 e. The van der Waals surface area contributed by atoms with Crippen molar-refractivity contribution in [2.75, 3.05) is 35.6 Å². The summed E-state index contributed by atoms with van der Waals surface area (Å²) >= 11 is 7.40. The van der Waals surface area contributed by atoms with Crippen LogP contribution in [0.4, 0.5) is 26.0 Å². The molecule has 0 aliphatic heterocycles. The molecule has 0 spiro atoms. The van der Waals surface area contributed by atoms with Crippen molar-refractivity contribution in [3.05, 3.63) is 69.0 Å². The van der Waals surface area contributed by atoms with Crippen LogP contribution >= 0.6 is 22.9 Å². The minimum atomic E-state index is -0.834. The number of hydrogen-bond donors (Lipinski definition) is 4. The summed E-state index contributed by atoms with van der Waals surface area (Å²) in [6.45, 7) is 4.85. The maximum absolute atomic E-state index is 14.6. The number of benzene rings is 2. The second-order valence-electron chi connectivity index (χ2n) is 6.93. The summed E-state index contributed by atoms with van der Waals surface area (Å²) in [4.78, 5) is 16.1. The third kappa shape index (κ3) is 6.62. The van der Waals surface area contributed by atoms with Gasteiger partial charge in [-0.25, -0.2) is 13.8 Å². The molecule has 2 aromatic carbocycles. The van der Waals surface area contributed by atoms with Crippen LogP contribution in [0.1, 0.15) is 29.3 Å². The van der Waals surface area contributed by atoms with Crippen LogP contribution in [0.25, 0.3) is 0 Å². The number of anilines is 3. The largest absolute Gasteiger partial charge is 0.385 e. The first-order valence-electron chi connectivity index (χ1n) is 10.1. The fraction of sp³-hybridized carbons (Fsp3) is 0.273. The number of nitrogens with one attached hydrogen (secondary N) is 4. The molecule has 0 saturated heterocycles. The lowest BCUT2D eigenvalue weighted by Crippen LogP contribution is -2.17. The van der Waals surface area contributed by atoms with Crippen molar-refractivity contribution < 1.29 is 13.6 Å². The summed E-state index contributed by atoms with van der Waals surface area (Å²) in [6.07, 6.45) is 0.928. The van der Waals surface area contributed by atoms with E-state index in [4.69, 9.17) is 11.6 Å². The molecular weight excluding hydrogens is 456 g/mol. The number of carbonyl (C=O) groups excluding carboxylic acids is 1. The van der Waals surface area contributed by atoms with E-state index in [0.29, 0.717) is 5.02 Å². The monoisotopic (exact) mass is 479 g/mol. The van der Waals surface area contributed by atoms with Gasteiger partial charge in [0.2, 0.25) is 0 Å². The molecule has 10 heteroatoms. The van der Waals surface area contributed by atoms with Gasteiger partial charge < -0.3 is 21.3 Å². The molecule has 0 aliphatic carbocycles. The number of nitrogens with zero attached hydrogens (tertiary/aromatic N) is 1. The molecule has 1 aromatic heterocycles. The van der Waals surface area contributed by atoms with E-state index in [1.807, 2.05) is 6.07 Å². The minimum Gasteiger partial charge on any atom is -0.385 e. The average molecular weight is 480 g/mol. The Bertz CT molecular complexity index is 1050. The Kier molecular flexibility index (Phi) is 8.78. The highest BCUT2D eigenvalue weighted by Gasteiger charge is 2.17. The van der Waals surface area contributed by atoms with E-state index in [-0.39, 0.29) is 18.1 Å². The highest BCUT2D eigenvalue weighted by Crippen LogP contribution is 2.25. The molecule has 3 rings (SSSR count). The predicted molar refractivity (Wildman–Crippen MR) is 127 cm³/mol. The highest BCUT2D eigenvalue weighted by molar-refractivity contribution is 7.07. The van der Waals surface area contributed by atoms with Crippen molar-refractivity contribution in [1.29, 1.82) is 0 Å². The minimum absolute atomic E-state index is 0.0410. The zero-order chi connectivity index (χ0) is 22.9. The lowest BCUT2D eigenvalue weighted by Gasteiger charge is -2.15. The van der Waals surface area contributed by atoms with Gasteiger partial charge in [0.15, 0.2) is 0 Å². The molecule has 0 aliphatic rings. The quantitative estimate of drug-likeness (QED) is 0.279. The first kappa shape index (κ1) is 23.9. The molecule has 0 fully saturated rings. The van der Waals surface area contributed by atoms with Crippen LogP contribution in [0.2, 0.25) is 5.02 Å². The van der Waals surface area contributed by atoms with Gasteiger partial charge in [0.1, 0.15) is 17.5 Å². The Morgan fingerprint density at radius 2 is 1.94 bits per heavy atom. The molecule has 4 N–H and O–H groups in total. The highest BCUT2D eigenvalue weighted by atomic mass is 35.5. The molecule has 32 heavy (non-hydrogen) atoms. The Morgan fingerprint density at radius 3 is 2.69 bits per heavy atom. The van der Waals surface area contributed by atoms with E-state index in [9.17, 15) is 13.6 Å². The van der Waals surface area contributed by atoms with Crippen LogP contribution < -0.4 is 21.3 Å². The standard InChI is InChI=1S/C22H24ClF2N5OS/c1-2-26-6-3-7-27-19-8-15(23)5-4-14(19)11-28-20-10-17(24)16(9-18(20)25)22(31)30-21-12-32-13-29-21/h4-5,8-10,12-13,26-28H,2-3,6-7,11H2,1H3,(H,30,31). The summed E-state index contributed by atoms with van der Waals surface area (Å²) in [6, 6.07) is 7.22. The number of aromatic nitrogens is 1. The van der Waals surface area contributed by atoms with Gasteiger partial charge in [-0.2, -0.15) is 0 Å². The fourth-order valence-electron chi connectivity index (χ4n) is 2.99. The molecule has 170 valence electrons. The summed E-state index contributed by atoms with van der Waals surface area (Å²) in [5.74, 6) is -2.04. The van der Waals surface area contributed by atoms with Crippen LogP contribution in [0.5, 0.6) is 0 Å². The number of carbonyl (C=O) groups is 1. The topological polar surface area (TPSA) is 78.1 Å². The summed E-state index contributed by atoms with van der Waals surface area (Å²) in [5, 5.41) is 14.1. The van der Waals surface area contributed by atoms with E-state index in [0.717, 1.165) is 49.4 Å². The van der Waals surface area contributed by atoms with E-state index >= 15 is 0 Å². The van der Waals surface area contributed by atoms with E-state index in [1.165, 1.54) is 16.8 Å².